The van der Waals surface area contributed by atoms with Gasteiger partial charge in [0.05, 0.1) is 0 Å². The van der Waals surface area contributed by atoms with E-state index in [9.17, 15) is 0 Å². The van der Waals surface area contributed by atoms with E-state index in [0.29, 0.717) is 13.1 Å². The van der Waals surface area contributed by atoms with E-state index in [2.05, 4.69) is 21.6 Å². The second-order valence-corrected chi connectivity index (χ2v) is 3.02. The van der Waals surface area contributed by atoms with E-state index in [0.717, 1.165) is 39.0 Å². The average molecular weight is 206 g/mol. The van der Waals surface area contributed by atoms with Crippen molar-refractivity contribution in [2.24, 2.45) is 0 Å². The Bertz CT molecular complexity index is 93.3. The van der Waals surface area contributed by atoms with E-state index in [-0.39, 0.29) is 0 Å². The maximum Gasteiger partial charge on any atom is 0.0332 e. The third-order valence-electron chi connectivity index (χ3n) is 1.78. The summed E-state index contributed by atoms with van der Waals surface area (Å²) in [6, 6.07) is 0. The lowest BCUT2D eigenvalue weighted by atomic mass is 10.3. The predicted molar refractivity (Wildman–Crippen MR) is 54.6 cm³/mol. The van der Waals surface area contributed by atoms with Gasteiger partial charge in [0.2, 0.25) is 0 Å². The number of hydrogen-bond acceptors (Lipinski definition) is 6. The van der Waals surface area contributed by atoms with Gasteiger partial charge in [0, 0.05) is 26.2 Å². The fourth-order valence-electron chi connectivity index (χ4n) is 1.04. The zero-order chi connectivity index (χ0) is 10.5. The molecule has 0 saturated heterocycles. The van der Waals surface area contributed by atoms with Gasteiger partial charge in [0.25, 0.3) is 0 Å². The van der Waals surface area contributed by atoms with Crippen LogP contribution in [0.5, 0.6) is 0 Å². The maximum absolute atomic E-state index is 8.26. The Morgan fingerprint density at radius 3 is 1.36 bits per heavy atom. The van der Waals surface area contributed by atoms with Crippen LogP contribution < -0.4 is 21.6 Å². The first kappa shape index (κ1) is 13.8. The topological polar surface area (TPSA) is 88.6 Å². The monoisotopic (exact) mass is 206 g/mol. The first-order valence-corrected chi connectivity index (χ1v) is 5.07. The van der Waals surface area contributed by atoms with E-state index in [1.54, 1.807) is 0 Å². The van der Waals surface area contributed by atoms with E-state index in [1.165, 1.54) is 0 Å². The molecule has 6 heteroatoms. The fraction of sp³-hybridized carbons (Fsp3) is 1.00. The summed E-state index contributed by atoms with van der Waals surface area (Å²) in [4.78, 5) is 0. The van der Waals surface area contributed by atoms with Crippen LogP contribution >= 0.6 is 0 Å². The van der Waals surface area contributed by atoms with E-state index < -0.39 is 0 Å². The van der Waals surface area contributed by atoms with Gasteiger partial charge in [-0.05, 0) is 25.9 Å². The van der Waals surface area contributed by atoms with Crippen LogP contribution in [0, 0.1) is 0 Å². The Morgan fingerprint density at radius 2 is 1.00 bits per heavy atom. The number of hydrogen-bond donors (Lipinski definition) is 6. The summed E-state index contributed by atoms with van der Waals surface area (Å²) in [6.07, 6.45) is 2.23. The van der Waals surface area contributed by atoms with E-state index >= 15 is 0 Å². The molecule has 14 heavy (non-hydrogen) atoms. The van der Waals surface area contributed by atoms with Crippen molar-refractivity contribution in [2.75, 3.05) is 39.3 Å². The highest BCUT2D eigenvalue weighted by molar-refractivity contribution is 4.52. The van der Waals surface area contributed by atoms with Crippen molar-refractivity contribution < 1.29 is 10.4 Å². The molecule has 0 fully saturated rings. The average Bonchev–Trinajstić information content (AvgIpc) is 2.21. The van der Waals surface area contributed by atoms with Crippen molar-refractivity contribution in [3.63, 3.8) is 0 Å². The molecule has 0 aliphatic carbocycles. The van der Waals surface area contributed by atoms with Crippen molar-refractivity contribution in [2.45, 2.75) is 12.8 Å². The molecule has 0 aliphatic heterocycles. The molecule has 0 aliphatic rings. The zero-order valence-corrected chi connectivity index (χ0v) is 8.55. The molecule has 0 saturated carbocycles. The first-order valence-electron chi connectivity index (χ1n) is 5.07. The number of hydroxylamine groups is 2. The second-order valence-electron chi connectivity index (χ2n) is 3.02. The van der Waals surface area contributed by atoms with Crippen LogP contribution in [-0.2, 0) is 0 Å². The maximum atomic E-state index is 8.26. The van der Waals surface area contributed by atoms with Crippen molar-refractivity contribution >= 4 is 0 Å². The number of nitrogens with one attached hydrogen (secondary N) is 4. The van der Waals surface area contributed by atoms with Crippen molar-refractivity contribution in [3.05, 3.63) is 0 Å². The standard InChI is InChI=1S/C8H22N4O2/c13-11-7-5-9-3-1-2-4-10-6-8-12-14/h9-14H,1-8H2. The summed E-state index contributed by atoms with van der Waals surface area (Å²) in [6.45, 7) is 4.70. The molecule has 6 N–H and O–H groups in total. The van der Waals surface area contributed by atoms with Crippen LogP contribution in [0.3, 0.4) is 0 Å². The molecule has 0 aromatic rings. The smallest absolute Gasteiger partial charge is 0.0332 e. The lowest BCUT2D eigenvalue weighted by molar-refractivity contribution is 0.167. The van der Waals surface area contributed by atoms with Crippen LogP contribution in [0.2, 0.25) is 0 Å². The van der Waals surface area contributed by atoms with Gasteiger partial charge in [-0.2, -0.15) is 0 Å². The van der Waals surface area contributed by atoms with Crippen LogP contribution in [0.15, 0.2) is 0 Å². The van der Waals surface area contributed by atoms with Crippen molar-refractivity contribution in [3.8, 4) is 0 Å². The van der Waals surface area contributed by atoms with Crippen molar-refractivity contribution in [1.29, 1.82) is 0 Å². The van der Waals surface area contributed by atoms with E-state index in [1.807, 2.05) is 0 Å². The van der Waals surface area contributed by atoms with Gasteiger partial charge < -0.3 is 21.0 Å². The van der Waals surface area contributed by atoms with Crippen LogP contribution in [0.25, 0.3) is 0 Å². The summed E-state index contributed by atoms with van der Waals surface area (Å²) in [5.74, 6) is 0. The van der Waals surface area contributed by atoms with Crippen molar-refractivity contribution in [1.82, 2.24) is 21.6 Å². The zero-order valence-electron chi connectivity index (χ0n) is 8.55. The predicted octanol–water partition coefficient (Wildman–Crippen LogP) is -1.10. The molecular weight excluding hydrogens is 184 g/mol. The van der Waals surface area contributed by atoms with Gasteiger partial charge in [0.15, 0.2) is 0 Å². The molecule has 0 heterocycles. The minimum atomic E-state index is 0.584. The van der Waals surface area contributed by atoms with Gasteiger partial charge in [0.1, 0.15) is 0 Å². The Labute approximate surface area is 85.0 Å². The van der Waals surface area contributed by atoms with Gasteiger partial charge in [-0.3, -0.25) is 0 Å². The SMILES string of the molecule is ONCCNCCCCNCCNO. The van der Waals surface area contributed by atoms with Gasteiger partial charge in [-0.15, -0.1) is 0 Å². The molecule has 0 bridgehead atoms. The lowest BCUT2D eigenvalue weighted by Crippen LogP contribution is -2.28. The Morgan fingerprint density at radius 1 is 0.571 bits per heavy atom. The molecule has 0 spiro atoms. The van der Waals surface area contributed by atoms with Gasteiger partial charge in [-0.25, -0.2) is 11.0 Å². The number of unbranched alkanes of at least 4 members (excludes halogenated alkanes) is 1. The van der Waals surface area contributed by atoms with Crippen LogP contribution in [0.4, 0.5) is 0 Å². The molecule has 86 valence electrons. The van der Waals surface area contributed by atoms with E-state index in [4.69, 9.17) is 10.4 Å². The summed E-state index contributed by atoms with van der Waals surface area (Å²) in [7, 11) is 0. The third kappa shape index (κ3) is 11.8. The second kappa shape index (κ2) is 12.8. The lowest BCUT2D eigenvalue weighted by Gasteiger charge is -2.05. The molecule has 0 rings (SSSR count). The molecule has 0 unspecified atom stereocenters. The van der Waals surface area contributed by atoms with Crippen LogP contribution in [-0.4, -0.2) is 49.7 Å². The summed E-state index contributed by atoms with van der Waals surface area (Å²) in [5, 5.41) is 22.9. The molecule has 0 amide bonds. The van der Waals surface area contributed by atoms with Crippen LogP contribution in [0.1, 0.15) is 12.8 Å². The summed E-state index contributed by atoms with van der Waals surface area (Å²) >= 11 is 0. The quantitative estimate of drug-likeness (QED) is 0.190. The molecule has 0 aromatic carbocycles. The molecular formula is C8H22N4O2. The molecule has 0 atom stereocenters. The van der Waals surface area contributed by atoms with Gasteiger partial charge >= 0.3 is 0 Å². The Balaban J connectivity index is 2.78. The van der Waals surface area contributed by atoms with Gasteiger partial charge in [-0.1, -0.05) is 0 Å². The fourth-order valence-corrected chi connectivity index (χ4v) is 1.04. The number of rotatable bonds is 11. The Kier molecular flexibility index (Phi) is 12.5. The highest BCUT2D eigenvalue weighted by Gasteiger charge is 1.89. The molecule has 0 radical (unpaired) electrons. The molecule has 0 aromatic heterocycles. The highest BCUT2D eigenvalue weighted by Crippen LogP contribution is 1.83. The highest BCUT2D eigenvalue weighted by atomic mass is 16.5. The normalized spacial score (nSPS) is 10.7. The first-order chi connectivity index (χ1) is 6.91. The largest absolute Gasteiger partial charge is 0.317 e. The third-order valence-corrected chi connectivity index (χ3v) is 1.78. The minimum absolute atomic E-state index is 0.584. The summed E-state index contributed by atoms with van der Waals surface area (Å²) in [5.41, 5.74) is 4.17. The Hall–Kier alpha value is -0.240. The minimum Gasteiger partial charge on any atom is -0.317 e. The summed E-state index contributed by atoms with van der Waals surface area (Å²) < 4.78 is 0. The molecule has 6 nitrogen and oxygen atoms in total.